The Labute approximate surface area is 201 Å². The molecule has 3 atom stereocenters. The van der Waals surface area contributed by atoms with Crippen molar-refractivity contribution in [2.75, 3.05) is 31.1 Å². The molecule has 0 bridgehead atoms. The molecule has 1 aromatic carbocycles. The molecule has 176 valence electrons. The van der Waals surface area contributed by atoms with Crippen LogP contribution in [0.1, 0.15) is 45.4 Å². The minimum Gasteiger partial charge on any atom is -0.354 e. The number of nitrogens with zero attached hydrogens (tertiary/aromatic N) is 7. The number of fused-ring (bicyclic) bond motifs is 1. The van der Waals surface area contributed by atoms with Crippen LogP contribution in [-0.2, 0) is 0 Å². The van der Waals surface area contributed by atoms with E-state index in [0.717, 1.165) is 60.7 Å². The van der Waals surface area contributed by atoms with E-state index in [-0.39, 0.29) is 0 Å². The highest BCUT2D eigenvalue weighted by Crippen LogP contribution is 2.70. The summed E-state index contributed by atoms with van der Waals surface area (Å²) in [5.74, 6) is 3.18. The molecular formula is C27H33N7. The summed E-state index contributed by atoms with van der Waals surface area (Å²) in [7, 11) is 0. The average Bonchev–Trinajstić information content (AvgIpc) is 3.70. The van der Waals surface area contributed by atoms with Crippen molar-refractivity contribution in [2.45, 2.75) is 51.5 Å². The topological polar surface area (TPSA) is 73.9 Å². The zero-order chi connectivity index (χ0) is 23.1. The molecule has 3 aromatic rings. The van der Waals surface area contributed by atoms with Crippen LogP contribution in [0, 0.1) is 28.6 Å². The van der Waals surface area contributed by atoms with E-state index in [1.165, 1.54) is 38.5 Å². The van der Waals surface area contributed by atoms with Gasteiger partial charge in [0.2, 0.25) is 0 Å². The normalized spacial score (nSPS) is 27.3. The van der Waals surface area contributed by atoms with E-state index < -0.39 is 0 Å². The second-order valence-electron chi connectivity index (χ2n) is 10.7. The summed E-state index contributed by atoms with van der Waals surface area (Å²) in [4.78, 5) is 14.1. The first-order valence-corrected chi connectivity index (χ1v) is 12.8. The van der Waals surface area contributed by atoms with Gasteiger partial charge >= 0.3 is 0 Å². The zero-order valence-electron chi connectivity index (χ0n) is 20.0. The number of hydrogen-bond donors (Lipinski definition) is 0. The number of benzene rings is 1. The fourth-order valence-electron chi connectivity index (χ4n) is 5.85. The Balaban J connectivity index is 0.000000263. The Morgan fingerprint density at radius 2 is 1.82 bits per heavy atom. The summed E-state index contributed by atoms with van der Waals surface area (Å²) in [5.41, 5.74) is 1.68. The number of piperazine rings is 1. The van der Waals surface area contributed by atoms with Crippen LogP contribution in [0.15, 0.2) is 42.9 Å². The van der Waals surface area contributed by atoms with Crippen molar-refractivity contribution in [3.63, 3.8) is 0 Å². The Morgan fingerprint density at radius 1 is 1.03 bits per heavy atom. The van der Waals surface area contributed by atoms with Crippen molar-refractivity contribution >= 4 is 16.7 Å². The predicted molar refractivity (Wildman–Crippen MR) is 133 cm³/mol. The minimum absolute atomic E-state index is 0.465. The molecule has 3 aliphatic carbocycles. The smallest absolute Gasteiger partial charge is 0.159 e. The van der Waals surface area contributed by atoms with Gasteiger partial charge in [0.1, 0.15) is 12.1 Å². The fraction of sp³-hybridized carbons (Fsp3) is 0.556. The van der Waals surface area contributed by atoms with Crippen LogP contribution in [0.3, 0.4) is 0 Å². The largest absolute Gasteiger partial charge is 0.354 e. The van der Waals surface area contributed by atoms with E-state index in [2.05, 4.69) is 56.1 Å². The van der Waals surface area contributed by atoms with Gasteiger partial charge in [0.15, 0.2) is 5.82 Å². The molecule has 0 N–H and O–H groups in total. The van der Waals surface area contributed by atoms with E-state index in [0.29, 0.717) is 11.3 Å². The molecule has 4 aliphatic rings. The molecule has 34 heavy (non-hydrogen) atoms. The van der Waals surface area contributed by atoms with E-state index in [9.17, 15) is 0 Å². The van der Waals surface area contributed by atoms with Gasteiger partial charge in [-0.1, -0.05) is 25.1 Å². The van der Waals surface area contributed by atoms with Gasteiger partial charge in [0.25, 0.3) is 0 Å². The van der Waals surface area contributed by atoms with Crippen LogP contribution < -0.4 is 4.90 Å². The van der Waals surface area contributed by atoms with Gasteiger partial charge in [-0.25, -0.2) is 14.6 Å². The lowest BCUT2D eigenvalue weighted by Crippen LogP contribution is -2.50. The van der Waals surface area contributed by atoms with Crippen molar-refractivity contribution in [3.05, 3.63) is 42.9 Å². The molecule has 1 saturated heterocycles. The third-order valence-electron chi connectivity index (χ3n) is 8.39. The third kappa shape index (κ3) is 4.16. The highest BCUT2D eigenvalue weighted by molar-refractivity contribution is 5.79. The first kappa shape index (κ1) is 21.5. The second kappa shape index (κ2) is 8.66. The molecule has 0 amide bonds. The van der Waals surface area contributed by atoms with E-state index in [1.54, 1.807) is 6.33 Å². The molecule has 4 fully saturated rings. The highest BCUT2D eigenvalue weighted by atomic mass is 15.3. The number of para-hydroxylation sites is 1. The van der Waals surface area contributed by atoms with Gasteiger partial charge in [-0.15, -0.1) is 0 Å². The molecule has 7 nitrogen and oxygen atoms in total. The SMILES string of the molecule is CC1CCC(N2CCN(c3cc(-n4ncc5ccccc54)ncn3)CC2)C1.N#CC1CC12CC2. The average molecular weight is 456 g/mol. The standard InChI is InChI=1S/C21H26N6.C6H7N/c1-16-6-7-18(12-16)25-8-10-26(11-9-25)20-13-21(23-15-22-20)27-19-5-3-2-4-17(19)14-24-27;7-4-5-3-6(5)1-2-6/h2-5,13-16,18H,6-12H2,1H3;5H,1-3H2. The summed E-state index contributed by atoms with van der Waals surface area (Å²) in [6, 6.07) is 13.4. The van der Waals surface area contributed by atoms with Crippen LogP contribution in [0.2, 0.25) is 0 Å². The van der Waals surface area contributed by atoms with Gasteiger partial charge in [0.05, 0.1) is 23.7 Å². The molecule has 0 radical (unpaired) electrons. The molecule has 3 unspecified atom stereocenters. The first-order valence-electron chi connectivity index (χ1n) is 12.8. The van der Waals surface area contributed by atoms with E-state index in [1.807, 2.05) is 23.0 Å². The maximum atomic E-state index is 8.33. The molecule has 3 heterocycles. The van der Waals surface area contributed by atoms with Crippen LogP contribution in [0.25, 0.3) is 16.7 Å². The van der Waals surface area contributed by atoms with Gasteiger partial charge in [-0.3, -0.25) is 4.90 Å². The second-order valence-corrected chi connectivity index (χ2v) is 10.7. The van der Waals surface area contributed by atoms with Crippen molar-refractivity contribution in [1.82, 2.24) is 24.6 Å². The maximum Gasteiger partial charge on any atom is 0.159 e. The van der Waals surface area contributed by atoms with Crippen molar-refractivity contribution < 1.29 is 0 Å². The van der Waals surface area contributed by atoms with Crippen molar-refractivity contribution in [2.24, 2.45) is 17.3 Å². The van der Waals surface area contributed by atoms with Gasteiger partial charge in [-0.2, -0.15) is 10.4 Å². The van der Waals surface area contributed by atoms with Crippen molar-refractivity contribution in [1.29, 1.82) is 5.26 Å². The first-order chi connectivity index (χ1) is 16.6. The van der Waals surface area contributed by atoms with E-state index >= 15 is 0 Å². The molecule has 3 saturated carbocycles. The quantitative estimate of drug-likeness (QED) is 0.581. The Hall–Kier alpha value is -2.98. The molecule has 1 aliphatic heterocycles. The molecule has 7 heteroatoms. The number of anilines is 1. The molecule has 2 aromatic heterocycles. The number of hydrogen-bond acceptors (Lipinski definition) is 6. The Kier molecular flexibility index (Phi) is 5.49. The summed E-state index contributed by atoms with van der Waals surface area (Å²) in [5, 5.41) is 14.0. The van der Waals surface area contributed by atoms with Crippen LogP contribution in [0.5, 0.6) is 0 Å². The van der Waals surface area contributed by atoms with Crippen LogP contribution in [0.4, 0.5) is 5.82 Å². The molecule has 1 spiro atoms. The summed E-state index contributed by atoms with van der Waals surface area (Å²) in [6.45, 7) is 6.70. The summed E-state index contributed by atoms with van der Waals surface area (Å²) < 4.78 is 1.90. The van der Waals surface area contributed by atoms with Gasteiger partial charge in [-0.05, 0) is 55.9 Å². The lowest BCUT2D eigenvalue weighted by molar-refractivity contribution is 0.184. The predicted octanol–water partition coefficient (Wildman–Crippen LogP) is 4.44. The number of nitriles is 1. The monoisotopic (exact) mass is 455 g/mol. The Morgan fingerprint density at radius 3 is 2.50 bits per heavy atom. The minimum atomic E-state index is 0.465. The highest BCUT2D eigenvalue weighted by Gasteiger charge is 2.63. The molecular weight excluding hydrogens is 422 g/mol. The summed E-state index contributed by atoms with van der Waals surface area (Å²) in [6.07, 6.45) is 11.6. The van der Waals surface area contributed by atoms with E-state index in [4.69, 9.17) is 5.26 Å². The lowest BCUT2D eigenvalue weighted by Gasteiger charge is -2.38. The number of aromatic nitrogens is 4. The van der Waals surface area contributed by atoms with Crippen LogP contribution >= 0.6 is 0 Å². The maximum absolute atomic E-state index is 8.33. The fourth-order valence-corrected chi connectivity index (χ4v) is 5.85. The Bertz CT molecular complexity index is 1200. The van der Waals surface area contributed by atoms with Crippen molar-refractivity contribution in [3.8, 4) is 11.9 Å². The third-order valence-corrected chi connectivity index (χ3v) is 8.39. The lowest BCUT2D eigenvalue weighted by atomic mass is 10.1. The number of rotatable bonds is 3. The molecule has 7 rings (SSSR count). The van der Waals surface area contributed by atoms with Crippen LogP contribution in [-0.4, -0.2) is 56.9 Å². The van der Waals surface area contributed by atoms with Gasteiger partial charge in [0, 0.05) is 43.7 Å². The summed E-state index contributed by atoms with van der Waals surface area (Å²) >= 11 is 0. The van der Waals surface area contributed by atoms with Gasteiger partial charge < -0.3 is 4.90 Å². The zero-order valence-corrected chi connectivity index (χ0v) is 20.0.